The number of para-hydroxylation sites is 1. The van der Waals surface area contributed by atoms with Gasteiger partial charge in [0.15, 0.2) is 0 Å². The van der Waals surface area contributed by atoms with E-state index < -0.39 is 16.1 Å². The molecule has 0 radical (unpaired) electrons. The van der Waals surface area contributed by atoms with Gasteiger partial charge in [-0.2, -0.15) is 0 Å². The summed E-state index contributed by atoms with van der Waals surface area (Å²) < 4.78 is 25.1. The number of nitrogens with zero attached hydrogens (tertiary/aromatic N) is 2. The Morgan fingerprint density at radius 2 is 1.81 bits per heavy atom. The fourth-order valence-electron chi connectivity index (χ4n) is 1.93. The molecule has 0 saturated heterocycles. The van der Waals surface area contributed by atoms with Crippen LogP contribution in [0.3, 0.4) is 0 Å². The number of hydrogen-bond acceptors (Lipinski definition) is 4. The molecule has 1 unspecified atom stereocenters. The molecule has 0 aromatic heterocycles. The average Bonchev–Trinajstić information content (AvgIpc) is 2.37. The lowest BCUT2D eigenvalue weighted by Crippen LogP contribution is -2.48. The van der Waals surface area contributed by atoms with Crippen LogP contribution < -0.4 is 9.62 Å². The Morgan fingerprint density at radius 3 is 2.29 bits per heavy atom. The highest BCUT2D eigenvalue weighted by Crippen LogP contribution is 2.19. The van der Waals surface area contributed by atoms with Crippen LogP contribution >= 0.6 is 0 Å². The maximum absolute atomic E-state index is 12.2. The lowest BCUT2D eigenvalue weighted by Gasteiger charge is -2.28. The highest BCUT2D eigenvalue weighted by molar-refractivity contribution is 7.92. The van der Waals surface area contributed by atoms with Crippen LogP contribution in [0, 0.1) is 0 Å². The van der Waals surface area contributed by atoms with Gasteiger partial charge in [-0.25, -0.2) is 8.42 Å². The van der Waals surface area contributed by atoms with E-state index in [-0.39, 0.29) is 5.91 Å². The molecule has 0 bridgehead atoms. The number of hydrogen-bond donors (Lipinski definition) is 1. The Morgan fingerprint density at radius 1 is 1.24 bits per heavy atom. The van der Waals surface area contributed by atoms with Crippen molar-refractivity contribution in [3.05, 3.63) is 30.3 Å². The van der Waals surface area contributed by atoms with Crippen LogP contribution in [0.25, 0.3) is 0 Å². The number of sulfonamides is 1. The van der Waals surface area contributed by atoms with E-state index in [1.165, 1.54) is 0 Å². The summed E-state index contributed by atoms with van der Waals surface area (Å²) >= 11 is 0. The molecule has 1 rings (SSSR count). The van der Waals surface area contributed by atoms with Crippen molar-refractivity contribution in [2.75, 3.05) is 37.7 Å². The van der Waals surface area contributed by atoms with Gasteiger partial charge in [0.1, 0.15) is 6.04 Å². The maximum atomic E-state index is 12.2. The molecule has 0 aliphatic rings. The molecular weight excluding hydrogens is 290 g/mol. The van der Waals surface area contributed by atoms with Crippen molar-refractivity contribution in [3.8, 4) is 0 Å². The van der Waals surface area contributed by atoms with Crippen molar-refractivity contribution in [2.45, 2.75) is 13.0 Å². The lowest BCUT2D eigenvalue weighted by molar-refractivity contribution is -0.121. The van der Waals surface area contributed by atoms with Gasteiger partial charge in [0.2, 0.25) is 15.9 Å². The van der Waals surface area contributed by atoms with Gasteiger partial charge in [0.05, 0.1) is 11.9 Å². The zero-order chi connectivity index (χ0) is 16.0. The normalized spacial score (nSPS) is 13.0. The zero-order valence-corrected chi connectivity index (χ0v) is 13.7. The Kier molecular flexibility index (Phi) is 6.17. The molecule has 0 heterocycles. The minimum atomic E-state index is -3.54. The molecule has 1 atom stereocenters. The molecule has 1 aromatic rings. The van der Waals surface area contributed by atoms with Gasteiger partial charge >= 0.3 is 0 Å². The molecule has 0 fully saturated rings. The van der Waals surface area contributed by atoms with Crippen LogP contribution in [-0.4, -0.2) is 58.7 Å². The third-order valence-corrected chi connectivity index (χ3v) is 4.20. The second kappa shape index (κ2) is 7.42. The van der Waals surface area contributed by atoms with Crippen molar-refractivity contribution < 1.29 is 13.2 Å². The minimum Gasteiger partial charge on any atom is -0.353 e. The molecular formula is C14H23N3O3S. The van der Waals surface area contributed by atoms with Gasteiger partial charge in [-0.1, -0.05) is 18.2 Å². The van der Waals surface area contributed by atoms with Gasteiger partial charge in [-0.3, -0.25) is 9.10 Å². The summed E-state index contributed by atoms with van der Waals surface area (Å²) in [6.45, 7) is 2.75. The summed E-state index contributed by atoms with van der Waals surface area (Å²) in [5.74, 6) is -0.314. The van der Waals surface area contributed by atoms with Crippen LogP contribution in [0.5, 0.6) is 0 Å². The first-order valence-corrected chi connectivity index (χ1v) is 8.55. The van der Waals surface area contributed by atoms with Gasteiger partial charge in [-0.15, -0.1) is 0 Å². The summed E-state index contributed by atoms with van der Waals surface area (Å²) in [6, 6.07) is 7.82. The highest BCUT2D eigenvalue weighted by Gasteiger charge is 2.28. The summed E-state index contributed by atoms with van der Waals surface area (Å²) in [5.41, 5.74) is 0.482. The van der Waals surface area contributed by atoms with Crippen molar-refractivity contribution in [1.82, 2.24) is 10.2 Å². The monoisotopic (exact) mass is 313 g/mol. The van der Waals surface area contributed by atoms with Gasteiger partial charge in [0.25, 0.3) is 0 Å². The number of anilines is 1. The van der Waals surface area contributed by atoms with Crippen molar-refractivity contribution >= 4 is 21.6 Å². The third-order valence-electron chi connectivity index (χ3n) is 2.96. The number of nitrogens with one attached hydrogen (secondary N) is 1. The average molecular weight is 313 g/mol. The zero-order valence-electron chi connectivity index (χ0n) is 12.9. The molecule has 1 aromatic carbocycles. The molecule has 6 nitrogen and oxygen atoms in total. The molecule has 7 heteroatoms. The van der Waals surface area contributed by atoms with Crippen LogP contribution in [-0.2, 0) is 14.8 Å². The lowest BCUT2D eigenvalue weighted by atomic mass is 10.2. The molecule has 21 heavy (non-hydrogen) atoms. The Balaban J connectivity index is 2.87. The van der Waals surface area contributed by atoms with E-state index in [9.17, 15) is 13.2 Å². The minimum absolute atomic E-state index is 0.314. The number of benzene rings is 1. The first kappa shape index (κ1) is 17.5. The summed E-state index contributed by atoms with van der Waals surface area (Å²) in [4.78, 5) is 14.1. The largest absolute Gasteiger partial charge is 0.353 e. The van der Waals surface area contributed by atoms with E-state index in [0.717, 1.165) is 10.6 Å². The number of carbonyl (C=O) groups is 1. The molecule has 0 spiro atoms. The smallest absolute Gasteiger partial charge is 0.243 e. The second-order valence-corrected chi connectivity index (χ2v) is 7.02. The molecule has 0 aliphatic carbocycles. The Hall–Kier alpha value is -1.60. The van der Waals surface area contributed by atoms with Crippen LogP contribution in [0.4, 0.5) is 5.69 Å². The van der Waals surface area contributed by atoms with Gasteiger partial charge in [0, 0.05) is 13.1 Å². The third kappa shape index (κ3) is 5.35. The standard InChI is InChI=1S/C14H23N3O3S/c1-12(14(18)15-10-11-16(2)3)17(21(4,19)20)13-8-6-5-7-9-13/h5-9,12H,10-11H2,1-4H3,(H,15,18). The predicted molar refractivity (Wildman–Crippen MR) is 84.8 cm³/mol. The summed E-state index contributed by atoms with van der Waals surface area (Å²) in [7, 11) is 0.269. The number of amides is 1. The molecule has 0 saturated carbocycles. The molecule has 0 aliphatic heterocycles. The fraction of sp³-hybridized carbons (Fsp3) is 0.500. The highest BCUT2D eigenvalue weighted by atomic mass is 32.2. The molecule has 118 valence electrons. The number of likely N-dealkylation sites (N-methyl/N-ethyl adjacent to an activating group) is 1. The topological polar surface area (TPSA) is 69.7 Å². The SMILES string of the molecule is CC(C(=O)NCCN(C)C)N(c1ccccc1)S(C)(=O)=O. The van der Waals surface area contributed by atoms with Gasteiger partial charge in [-0.05, 0) is 33.2 Å². The molecule has 1 N–H and O–H groups in total. The fourth-order valence-corrected chi connectivity index (χ4v) is 3.11. The van der Waals surface area contributed by atoms with Gasteiger partial charge < -0.3 is 10.2 Å². The van der Waals surface area contributed by atoms with Crippen molar-refractivity contribution in [1.29, 1.82) is 0 Å². The van der Waals surface area contributed by atoms with E-state index >= 15 is 0 Å². The van der Waals surface area contributed by atoms with Crippen LogP contribution in [0.2, 0.25) is 0 Å². The Bertz CT molecular complexity index is 558. The van der Waals surface area contributed by atoms with Crippen molar-refractivity contribution in [3.63, 3.8) is 0 Å². The number of carbonyl (C=O) groups excluding carboxylic acids is 1. The first-order chi connectivity index (χ1) is 9.73. The van der Waals surface area contributed by atoms with E-state index in [0.29, 0.717) is 18.8 Å². The predicted octanol–water partition coefficient (Wildman–Crippen LogP) is 0.519. The van der Waals surface area contributed by atoms with E-state index in [1.54, 1.807) is 37.3 Å². The quantitative estimate of drug-likeness (QED) is 0.797. The summed E-state index contributed by atoms with van der Waals surface area (Å²) in [6.07, 6.45) is 1.10. The summed E-state index contributed by atoms with van der Waals surface area (Å²) in [5, 5.41) is 2.75. The van der Waals surface area contributed by atoms with E-state index in [2.05, 4.69) is 5.32 Å². The van der Waals surface area contributed by atoms with Crippen LogP contribution in [0.1, 0.15) is 6.92 Å². The van der Waals surface area contributed by atoms with E-state index in [4.69, 9.17) is 0 Å². The first-order valence-electron chi connectivity index (χ1n) is 6.70. The second-order valence-electron chi connectivity index (χ2n) is 5.16. The van der Waals surface area contributed by atoms with Crippen LogP contribution in [0.15, 0.2) is 30.3 Å². The Labute approximate surface area is 126 Å². The number of rotatable bonds is 7. The molecule has 1 amide bonds. The van der Waals surface area contributed by atoms with E-state index in [1.807, 2.05) is 19.0 Å². The van der Waals surface area contributed by atoms with Crippen molar-refractivity contribution in [2.24, 2.45) is 0 Å². The maximum Gasteiger partial charge on any atom is 0.243 e.